The second-order valence-corrected chi connectivity index (χ2v) is 5.48. The summed E-state index contributed by atoms with van der Waals surface area (Å²) in [5.74, 6) is -0.277. The Morgan fingerprint density at radius 3 is 2.63 bits per heavy atom. The van der Waals surface area contributed by atoms with E-state index in [0.717, 1.165) is 12.8 Å². The minimum atomic E-state index is -0.509. The van der Waals surface area contributed by atoms with Gasteiger partial charge in [0.1, 0.15) is 11.5 Å². The molecule has 19 heavy (non-hydrogen) atoms. The highest BCUT2D eigenvalue weighted by Gasteiger charge is 2.26. The van der Waals surface area contributed by atoms with Crippen LogP contribution >= 0.6 is 15.9 Å². The predicted octanol–water partition coefficient (Wildman–Crippen LogP) is 2.71. The maximum atomic E-state index is 13.6. The zero-order valence-corrected chi connectivity index (χ0v) is 11.8. The van der Waals surface area contributed by atoms with Crippen LogP contribution in [0.1, 0.15) is 12.8 Å². The van der Waals surface area contributed by atoms with Gasteiger partial charge in [-0.15, -0.1) is 0 Å². The van der Waals surface area contributed by atoms with Gasteiger partial charge in [0, 0.05) is 31.8 Å². The highest BCUT2D eigenvalue weighted by atomic mass is 79.9. The van der Waals surface area contributed by atoms with Gasteiger partial charge < -0.3 is 10.0 Å². The Hall–Kier alpha value is -1.21. The molecule has 1 saturated heterocycles. The normalized spacial score (nSPS) is 16.7. The van der Waals surface area contributed by atoms with Crippen LogP contribution in [0, 0.1) is 21.8 Å². The van der Waals surface area contributed by atoms with E-state index in [1.165, 1.54) is 12.1 Å². The number of rotatable bonds is 3. The van der Waals surface area contributed by atoms with Crippen LogP contribution in [-0.4, -0.2) is 29.7 Å². The maximum Gasteiger partial charge on any atom is 0.293 e. The van der Waals surface area contributed by atoms with E-state index in [0.29, 0.717) is 18.8 Å². The van der Waals surface area contributed by atoms with E-state index in [-0.39, 0.29) is 22.7 Å². The Balaban J connectivity index is 2.29. The van der Waals surface area contributed by atoms with Crippen LogP contribution in [0.5, 0.6) is 0 Å². The molecule has 0 unspecified atom stereocenters. The molecule has 1 aliphatic heterocycles. The molecule has 1 fully saturated rings. The average Bonchev–Trinajstić information content (AvgIpc) is 2.41. The smallest absolute Gasteiger partial charge is 0.293 e. The highest BCUT2D eigenvalue weighted by molar-refractivity contribution is 9.10. The molecule has 0 aromatic heterocycles. The number of anilines is 1. The molecule has 1 aliphatic rings. The van der Waals surface area contributed by atoms with E-state index in [4.69, 9.17) is 5.11 Å². The van der Waals surface area contributed by atoms with Gasteiger partial charge in [0.2, 0.25) is 0 Å². The van der Waals surface area contributed by atoms with Gasteiger partial charge in [-0.2, -0.15) is 0 Å². The maximum absolute atomic E-state index is 13.6. The Morgan fingerprint density at radius 1 is 1.47 bits per heavy atom. The van der Waals surface area contributed by atoms with E-state index in [9.17, 15) is 14.5 Å². The predicted molar refractivity (Wildman–Crippen MR) is 72.8 cm³/mol. The molecule has 1 aromatic carbocycles. The number of hydrogen-bond acceptors (Lipinski definition) is 4. The third-order valence-corrected chi connectivity index (χ3v) is 4.04. The van der Waals surface area contributed by atoms with Crippen molar-refractivity contribution in [3.63, 3.8) is 0 Å². The van der Waals surface area contributed by atoms with E-state index in [1.807, 2.05) is 0 Å². The first-order valence-corrected chi connectivity index (χ1v) is 6.81. The molecular formula is C12H14BrFN2O3. The molecule has 0 bridgehead atoms. The fourth-order valence-electron chi connectivity index (χ4n) is 2.28. The van der Waals surface area contributed by atoms with Gasteiger partial charge in [-0.3, -0.25) is 10.1 Å². The van der Waals surface area contributed by atoms with Gasteiger partial charge in [-0.1, -0.05) is 0 Å². The van der Waals surface area contributed by atoms with Crippen LogP contribution in [0.25, 0.3) is 0 Å². The summed E-state index contributed by atoms with van der Waals surface area (Å²) in [6.45, 7) is 1.31. The number of halogens is 2. The molecule has 0 radical (unpaired) electrons. The van der Waals surface area contributed by atoms with Crippen molar-refractivity contribution in [3.05, 3.63) is 32.5 Å². The van der Waals surface area contributed by atoms with Crippen LogP contribution in [0.15, 0.2) is 16.6 Å². The lowest BCUT2D eigenvalue weighted by molar-refractivity contribution is -0.384. The van der Waals surface area contributed by atoms with Crippen molar-refractivity contribution in [3.8, 4) is 0 Å². The van der Waals surface area contributed by atoms with Crippen LogP contribution < -0.4 is 4.90 Å². The van der Waals surface area contributed by atoms with Gasteiger partial charge in [-0.05, 0) is 34.7 Å². The third kappa shape index (κ3) is 3.03. The van der Waals surface area contributed by atoms with Crippen molar-refractivity contribution in [2.75, 3.05) is 24.6 Å². The number of nitrogens with zero attached hydrogens (tertiary/aromatic N) is 2. The quantitative estimate of drug-likeness (QED) is 0.682. The van der Waals surface area contributed by atoms with Crippen molar-refractivity contribution >= 4 is 27.3 Å². The van der Waals surface area contributed by atoms with Crippen LogP contribution in [0.2, 0.25) is 0 Å². The number of nitro groups is 1. The van der Waals surface area contributed by atoms with Gasteiger partial charge in [0.15, 0.2) is 0 Å². The van der Waals surface area contributed by atoms with E-state index < -0.39 is 10.7 Å². The summed E-state index contributed by atoms with van der Waals surface area (Å²) in [4.78, 5) is 12.3. The molecule has 0 aliphatic carbocycles. The fraction of sp³-hybridized carbons (Fsp3) is 0.500. The van der Waals surface area contributed by atoms with Gasteiger partial charge in [0.25, 0.3) is 5.69 Å². The number of piperidine rings is 1. The summed E-state index contributed by atoms with van der Waals surface area (Å²) in [7, 11) is 0. The Morgan fingerprint density at radius 2 is 2.11 bits per heavy atom. The monoisotopic (exact) mass is 332 g/mol. The lowest BCUT2D eigenvalue weighted by Gasteiger charge is -2.32. The molecule has 0 amide bonds. The van der Waals surface area contributed by atoms with Crippen molar-refractivity contribution in [1.29, 1.82) is 0 Å². The zero-order chi connectivity index (χ0) is 14.0. The number of aliphatic hydroxyl groups excluding tert-OH is 1. The number of benzene rings is 1. The number of aliphatic hydroxyl groups is 1. The zero-order valence-electron chi connectivity index (χ0n) is 10.2. The number of hydrogen-bond donors (Lipinski definition) is 1. The number of nitro benzene ring substituents is 1. The Kier molecular flexibility index (Phi) is 4.36. The summed E-state index contributed by atoms with van der Waals surface area (Å²) >= 11 is 2.96. The molecule has 104 valence electrons. The summed E-state index contributed by atoms with van der Waals surface area (Å²) in [6, 6.07) is 2.39. The largest absolute Gasteiger partial charge is 0.396 e. The molecule has 2 rings (SSSR count). The fourth-order valence-corrected chi connectivity index (χ4v) is 2.61. The lowest BCUT2D eigenvalue weighted by atomic mass is 9.97. The minimum Gasteiger partial charge on any atom is -0.396 e. The SMILES string of the molecule is O=[N+]([O-])c1cc(Br)c(F)cc1N1CCC(CO)CC1. The Bertz CT molecular complexity index is 490. The van der Waals surface area contributed by atoms with Crippen molar-refractivity contribution in [1.82, 2.24) is 0 Å². The summed E-state index contributed by atoms with van der Waals surface area (Å²) in [5, 5.41) is 20.1. The molecule has 1 aromatic rings. The molecule has 0 atom stereocenters. The molecular weight excluding hydrogens is 319 g/mol. The molecule has 7 heteroatoms. The first kappa shape index (κ1) is 14.2. The molecule has 1 N–H and O–H groups in total. The van der Waals surface area contributed by atoms with Crippen LogP contribution in [0.3, 0.4) is 0 Å². The Labute approximate surface area is 118 Å². The lowest BCUT2D eigenvalue weighted by Crippen LogP contribution is -2.35. The topological polar surface area (TPSA) is 66.6 Å². The first-order chi connectivity index (χ1) is 9.02. The average molecular weight is 333 g/mol. The molecule has 1 heterocycles. The summed E-state index contributed by atoms with van der Waals surface area (Å²) in [6.07, 6.45) is 1.51. The van der Waals surface area contributed by atoms with Crippen molar-refractivity contribution in [2.24, 2.45) is 5.92 Å². The van der Waals surface area contributed by atoms with Crippen molar-refractivity contribution in [2.45, 2.75) is 12.8 Å². The summed E-state index contributed by atoms with van der Waals surface area (Å²) in [5.41, 5.74) is 0.206. The van der Waals surface area contributed by atoms with Gasteiger partial charge in [0.05, 0.1) is 9.40 Å². The minimum absolute atomic E-state index is 0.0909. The second kappa shape index (κ2) is 5.83. The second-order valence-electron chi connectivity index (χ2n) is 4.63. The molecule has 0 spiro atoms. The van der Waals surface area contributed by atoms with Gasteiger partial charge >= 0.3 is 0 Å². The van der Waals surface area contributed by atoms with Gasteiger partial charge in [-0.25, -0.2) is 4.39 Å². The standard InChI is InChI=1S/C12H14BrFN2O3/c13-9-5-12(16(18)19)11(6-10(9)14)15-3-1-8(7-17)2-4-15/h5-6,8,17H,1-4,7H2. The third-order valence-electron chi connectivity index (χ3n) is 3.43. The van der Waals surface area contributed by atoms with E-state index >= 15 is 0 Å². The van der Waals surface area contributed by atoms with Crippen molar-refractivity contribution < 1.29 is 14.4 Å². The molecule has 5 nitrogen and oxygen atoms in total. The van der Waals surface area contributed by atoms with E-state index in [1.54, 1.807) is 4.90 Å². The van der Waals surface area contributed by atoms with Crippen LogP contribution in [0.4, 0.5) is 15.8 Å². The molecule has 0 saturated carbocycles. The van der Waals surface area contributed by atoms with E-state index in [2.05, 4.69) is 15.9 Å². The first-order valence-electron chi connectivity index (χ1n) is 6.02. The highest BCUT2D eigenvalue weighted by Crippen LogP contribution is 2.35. The van der Waals surface area contributed by atoms with Crippen LogP contribution in [-0.2, 0) is 0 Å². The summed E-state index contributed by atoms with van der Waals surface area (Å²) < 4.78 is 13.7.